The third kappa shape index (κ3) is 6.62. The summed E-state index contributed by atoms with van der Waals surface area (Å²) in [4.78, 5) is 47.7. The number of aromatic nitrogens is 5. The number of hydrogen-bond acceptors (Lipinski definition) is 6. The van der Waals surface area contributed by atoms with Crippen molar-refractivity contribution in [2.45, 2.75) is 26.6 Å². The minimum Gasteiger partial charge on any atom is -0.475 e. The normalized spacial score (nSPS) is 12.0. The Bertz CT molecular complexity index is 1130. The van der Waals surface area contributed by atoms with Gasteiger partial charge in [0.1, 0.15) is 11.5 Å². The lowest BCUT2D eigenvalue weighted by molar-refractivity contribution is -0.192. The highest BCUT2D eigenvalue weighted by Gasteiger charge is 2.38. The zero-order chi connectivity index (χ0) is 23.2. The molecule has 13 heteroatoms. The number of carboxylic acid groups (broad SMARTS) is 1. The topological polar surface area (TPSA) is 143 Å². The smallest absolute Gasteiger partial charge is 0.475 e. The number of halogens is 3. The molecule has 0 bridgehead atoms. The first kappa shape index (κ1) is 23.5. The van der Waals surface area contributed by atoms with Crippen molar-refractivity contribution in [2.75, 3.05) is 6.54 Å². The average Bonchev–Trinajstić information content (AvgIpc) is 3.10. The van der Waals surface area contributed by atoms with E-state index in [0.29, 0.717) is 17.4 Å². The highest BCUT2D eigenvalue weighted by molar-refractivity contribution is 5.95. The number of alkyl halides is 3. The van der Waals surface area contributed by atoms with Crippen LogP contribution in [0.1, 0.15) is 23.2 Å². The van der Waals surface area contributed by atoms with Crippen LogP contribution in [0, 0.1) is 12.8 Å². The van der Waals surface area contributed by atoms with E-state index in [9.17, 15) is 22.8 Å². The van der Waals surface area contributed by atoms with Crippen LogP contribution in [0.25, 0.3) is 10.9 Å². The molecule has 3 heterocycles. The number of pyridine rings is 1. The number of hydrogen-bond donors (Lipinski definition) is 3. The van der Waals surface area contributed by atoms with Gasteiger partial charge in [-0.15, -0.1) is 0 Å². The Labute approximate surface area is 173 Å². The van der Waals surface area contributed by atoms with Crippen LogP contribution < -0.4 is 10.9 Å². The molecule has 0 fully saturated rings. The zero-order valence-electron chi connectivity index (χ0n) is 16.5. The van der Waals surface area contributed by atoms with Gasteiger partial charge in [-0.1, -0.05) is 6.92 Å². The molecule has 10 nitrogen and oxygen atoms in total. The second kappa shape index (κ2) is 9.82. The molecule has 0 saturated carbocycles. The summed E-state index contributed by atoms with van der Waals surface area (Å²) in [5.41, 5.74) is 0.367. The van der Waals surface area contributed by atoms with E-state index in [1.54, 1.807) is 6.20 Å². The maximum Gasteiger partial charge on any atom is 0.490 e. The summed E-state index contributed by atoms with van der Waals surface area (Å²) >= 11 is 0. The largest absolute Gasteiger partial charge is 0.490 e. The third-order valence-electron chi connectivity index (χ3n) is 4.05. The molecule has 1 amide bonds. The number of rotatable bonds is 5. The van der Waals surface area contributed by atoms with Crippen LogP contribution in [-0.2, 0) is 11.3 Å². The molecule has 3 aromatic heterocycles. The fourth-order valence-corrected chi connectivity index (χ4v) is 2.45. The Morgan fingerprint density at radius 3 is 2.55 bits per heavy atom. The van der Waals surface area contributed by atoms with Crippen molar-refractivity contribution in [3.63, 3.8) is 0 Å². The first-order valence-electron chi connectivity index (χ1n) is 8.88. The summed E-state index contributed by atoms with van der Waals surface area (Å²) in [6.45, 7) is 5.25. The average molecular weight is 440 g/mol. The van der Waals surface area contributed by atoms with E-state index in [-0.39, 0.29) is 23.1 Å². The Hall–Kier alpha value is -3.77. The van der Waals surface area contributed by atoms with Gasteiger partial charge in [0.05, 0.1) is 23.4 Å². The lowest BCUT2D eigenvalue weighted by Crippen LogP contribution is -2.30. The highest BCUT2D eigenvalue weighted by atomic mass is 19.4. The summed E-state index contributed by atoms with van der Waals surface area (Å²) in [5.74, 6) is -1.90. The van der Waals surface area contributed by atoms with Crippen LogP contribution in [-0.4, -0.2) is 54.2 Å². The Morgan fingerprint density at radius 2 is 1.97 bits per heavy atom. The van der Waals surface area contributed by atoms with Crippen LogP contribution >= 0.6 is 0 Å². The predicted molar refractivity (Wildman–Crippen MR) is 102 cm³/mol. The van der Waals surface area contributed by atoms with Crippen molar-refractivity contribution >= 4 is 22.8 Å². The van der Waals surface area contributed by atoms with Crippen LogP contribution in [0.3, 0.4) is 0 Å². The number of carboxylic acids is 1. The number of nitrogens with zero attached hydrogens (tertiary/aromatic N) is 4. The van der Waals surface area contributed by atoms with E-state index in [1.165, 1.54) is 18.6 Å². The number of imidazole rings is 1. The number of aliphatic carboxylic acids is 1. The van der Waals surface area contributed by atoms with Gasteiger partial charge in [0, 0.05) is 25.5 Å². The van der Waals surface area contributed by atoms with Crippen molar-refractivity contribution < 1.29 is 27.9 Å². The van der Waals surface area contributed by atoms with Gasteiger partial charge in [0.15, 0.2) is 0 Å². The fourth-order valence-electron chi connectivity index (χ4n) is 2.45. The van der Waals surface area contributed by atoms with Crippen LogP contribution in [0.15, 0.2) is 35.8 Å². The molecule has 0 aliphatic heterocycles. The maximum absolute atomic E-state index is 12.2. The van der Waals surface area contributed by atoms with Crippen molar-refractivity contribution in [1.29, 1.82) is 0 Å². The predicted octanol–water partition coefficient (Wildman–Crippen LogP) is 1.52. The number of amides is 1. The first-order chi connectivity index (χ1) is 14.5. The van der Waals surface area contributed by atoms with Gasteiger partial charge >= 0.3 is 12.1 Å². The molecule has 31 heavy (non-hydrogen) atoms. The molecule has 0 aromatic carbocycles. The van der Waals surface area contributed by atoms with Gasteiger partial charge in [-0.2, -0.15) is 13.2 Å². The van der Waals surface area contributed by atoms with Crippen molar-refractivity contribution in [1.82, 2.24) is 29.8 Å². The molecule has 1 atom stereocenters. The second-order valence-corrected chi connectivity index (χ2v) is 6.56. The molecule has 0 saturated heterocycles. The second-order valence-electron chi connectivity index (χ2n) is 6.56. The third-order valence-corrected chi connectivity index (χ3v) is 4.05. The van der Waals surface area contributed by atoms with E-state index in [2.05, 4.69) is 25.3 Å². The van der Waals surface area contributed by atoms with Gasteiger partial charge < -0.3 is 20.0 Å². The maximum atomic E-state index is 12.2. The fraction of sp³-hybridized carbons (Fsp3) is 0.333. The van der Waals surface area contributed by atoms with Gasteiger partial charge in [-0.3, -0.25) is 9.59 Å². The van der Waals surface area contributed by atoms with Crippen molar-refractivity contribution in [2.24, 2.45) is 5.92 Å². The summed E-state index contributed by atoms with van der Waals surface area (Å²) < 4.78 is 33.8. The van der Waals surface area contributed by atoms with E-state index < -0.39 is 12.1 Å². The van der Waals surface area contributed by atoms with Crippen LogP contribution in [0.5, 0.6) is 0 Å². The van der Waals surface area contributed by atoms with Crippen LogP contribution in [0.2, 0.25) is 0 Å². The van der Waals surface area contributed by atoms with Crippen LogP contribution in [0.4, 0.5) is 13.2 Å². The van der Waals surface area contributed by atoms with E-state index >= 15 is 0 Å². The minimum absolute atomic E-state index is 0.201. The Morgan fingerprint density at radius 1 is 1.29 bits per heavy atom. The van der Waals surface area contributed by atoms with Gasteiger partial charge in [-0.05, 0) is 18.9 Å². The number of fused-ring (bicyclic) bond motifs is 1. The number of carbonyl (C=O) groups excluding carboxylic acids is 1. The van der Waals surface area contributed by atoms with Gasteiger partial charge in [0.25, 0.3) is 11.5 Å². The SMILES string of the molecule is Cc1nccn1CC(C)CNC(=O)c1cc2c(=O)[nH]cnc2cn1.O=C(O)C(F)(F)F. The molecule has 0 radical (unpaired) electrons. The Balaban J connectivity index is 0.000000423. The summed E-state index contributed by atoms with van der Waals surface area (Å²) in [6.07, 6.45) is 1.33. The van der Waals surface area contributed by atoms with Gasteiger partial charge in [-0.25, -0.2) is 19.7 Å². The molecule has 3 rings (SSSR count). The van der Waals surface area contributed by atoms with E-state index in [0.717, 1.165) is 12.4 Å². The Kier molecular flexibility index (Phi) is 7.45. The van der Waals surface area contributed by atoms with Crippen molar-refractivity contribution in [3.05, 3.63) is 52.9 Å². The monoisotopic (exact) mass is 440 g/mol. The first-order valence-corrected chi connectivity index (χ1v) is 8.88. The summed E-state index contributed by atoms with van der Waals surface area (Å²) in [5, 5.41) is 10.3. The molecule has 0 aliphatic rings. The molecule has 166 valence electrons. The molecule has 1 unspecified atom stereocenters. The number of H-pyrrole nitrogens is 1. The lowest BCUT2D eigenvalue weighted by atomic mass is 10.1. The summed E-state index contributed by atoms with van der Waals surface area (Å²) in [7, 11) is 0. The number of nitrogens with one attached hydrogen (secondary N) is 2. The molecular weight excluding hydrogens is 421 g/mol. The summed E-state index contributed by atoms with van der Waals surface area (Å²) in [6, 6.07) is 1.46. The molecule has 0 aliphatic carbocycles. The molecule has 0 spiro atoms. The van der Waals surface area contributed by atoms with Gasteiger partial charge in [0.2, 0.25) is 0 Å². The molecule has 3 aromatic rings. The lowest BCUT2D eigenvalue weighted by Gasteiger charge is -2.14. The van der Waals surface area contributed by atoms with E-state index in [1.807, 2.05) is 24.6 Å². The number of aromatic amines is 1. The molecule has 3 N–H and O–H groups in total. The van der Waals surface area contributed by atoms with Crippen molar-refractivity contribution in [3.8, 4) is 0 Å². The molecular formula is C18H19F3N6O4. The highest BCUT2D eigenvalue weighted by Crippen LogP contribution is 2.13. The standard InChI is InChI=1S/C16H18N6O2.C2HF3O2/c1-10(8-22-4-3-17-11(22)2)6-19-16(24)13-5-12-14(7-18-13)20-9-21-15(12)23;3-2(4,5)1(6)7/h3-5,7,9-10H,6,8H2,1-2H3,(H,19,24)(H,20,21,23);(H,6,7). The number of aryl methyl sites for hydroxylation is 1. The zero-order valence-corrected chi connectivity index (χ0v) is 16.5. The minimum atomic E-state index is -5.08. The quantitative estimate of drug-likeness (QED) is 0.546. The number of carbonyl (C=O) groups is 2. The van der Waals surface area contributed by atoms with E-state index in [4.69, 9.17) is 9.90 Å².